The van der Waals surface area contributed by atoms with Crippen molar-refractivity contribution >= 4 is 10.0 Å². The summed E-state index contributed by atoms with van der Waals surface area (Å²) >= 11 is 0. The summed E-state index contributed by atoms with van der Waals surface area (Å²) in [6.45, 7) is 4.49. The first kappa shape index (κ1) is 18.5. The minimum atomic E-state index is -3.65. The van der Waals surface area contributed by atoms with Crippen LogP contribution in [0.25, 0.3) is 0 Å². The number of nitrogens with zero attached hydrogens (tertiary/aromatic N) is 4. The lowest BCUT2D eigenvalue weighted by molar-refractivity contribution is 0.160. The summed E-state index contributed by atoms with van der Waals surface area (Å²) in [6, 6.07) is 7.57. The zero-order valence-electron chi connectivity index (χ0n) is 14.6. The molecule has 0 radical (unpaired) electrons. The minimum Gasteiger partial charge on any atom is -0.282 e. The molecule has 0 spiro atoms. The lowest BCUT2D eigenvalue weighted by Crippen LogP contribution is -2.49. The second-order valence-electron chi connectivity index (χ2n) is 6.26. The van der Waals surface area contributed by atoms with Gasteiger partial charge in [0.15, 0.2) is 0 Å². The lowest BCUT2D eigenvalue weighted by Gasteiger charge is -2.36. The van der Waals surface area contributed by atoms with Crippen molar-refractivity contribution in [2.45, 2.75) is 24.8 Å². The standard InChI is InChI=1S/C17H20FN5O2S/c1-12-17(13(2)21-20-12)26(24,25)23-9-7-22(8-10-23)16(11-19)14-5-3-4-6-15(14)18/h3-6,16H,7-10H2,1-2H3,(H,20,21). The Morgan fingerprint density at radius 2 is 1.88 bits per heavy atom. The molecule has 0 saturated carbocycles. The van der Waals surface area contributed by atoms with Gasteiger partial charge in [0.1, 0.15) is 16.8 Å². The molecule has 1 saturated heterocycles. The number of aryl methyl sites for hydroxylation is 2. The van der Waals surface area contributed by atoms with Crippen LogP contribution >= 0.6 is 0 Å². The number of halogens is 1. The number of hydrogen-bond acceptors (Lipinski definition) is 5. The Morgan fingerprint density at radius 1 is 1.23 bits per heavy atom. The Morgan fingerprint density at radius 3 is 2.42 bits per heavy atom. The summed E-state index contributed by atoms with van der Waals surface area (Å²) < 4.78 is 41.2. The summed E-state index contributed by atoms with van der Waals surface area (Å²) in [6.07, 6.45) is 0. The fraction of sp³-hybridized carbons (Fsp3) is 0.412. The minimum absolute atomic E-state index is 0.205. The summed E-state index contributed by atoms with van der Waals surface area (Å²) in [5.74, 6) is -0.432. The van der Waals surface area contributed by atoms with Crippen molar-refractivity contribution < 1.29 is 12.8 Å². The van der Waals surface area contributed by atoms with E-state index in [-0.39, 0.29) is 18.0 Å². The van der Waals surface area contributed by atoms with E-state index < -0.39 is 21.9 Å². The predicted molar refractivity (Wildman–Crippen MR) is 93.1 cm³/mol. The smallest absolute Gasteiger partial charge is 0.246 e. The molecule has 1 atom stereocenters. The van der Waals surface area contributed by atoms with Gasteiger partial charge in [0, 0.05) is 31.7 Å². The van der Waals surface area contributed by atoms with Crippen LogP contribution in [0.1, 0.15) is 23.0 Å². The average Bonchev–Trinajstić information content (AvgIpc) is 2.97. The quantitative estimate of drug-likeness (QED) is 0.876. The van der Waals surface area contributed by atoms with Gasteiger partial charge in [-0.1, -0.05) is 18.2 Å². The van der Waals surface area contributed by atoms with Gasteiger partial charge in [0.05, 0.1) is 17.5 Å². The molecule has 1 N–H and O–H groups in total. The normalized spacial score (nSPS) is 17.8. The number of nitrogens with one attached hydrogen (secondary N) is 1. The largest absolute Gasteiger partial charge is 0.282 e. The van der Waals surface area contributed by atoms with Crippen molar-refractivity contribution in [3.63, 3.8) is 0 Å². The van der Waals surface area contributed by atoms with Crippen molar-refractivity contribution in [2.24, 2.45) is 0 Å². The molecule has 1 aliphatic rings. The van der Waals surface area contributed by atoms with Crippen molar-refractivity contribution in [1.82, 2.24) is 19.4 Å². The zero-order valence-corrected chi connectivity index (χ0v) is 15.4. The van der Waals surface area contributed by atoms with Crippen LogP contribution < -0.4 is 0 Å². The first-order valence-electron chi connectivity index (χ1n) is 8.26. The maximum atomic E-state index is 14.0. The van der Waals surface area contributed by atoms with Crippen LogP contribution in [0.3, 0.4) is 0 Å². The molecule has 138 valence electrons. The molecule has 1 aliphatic heterocycles. The summed E-state index contributed by atoms with van der Waals surface area (Å²) in [4.78, 5) is 2.01. The molecule has 0 aliphatic carbocycles. The van der Waals surface area contributed by atoms with Crippen LogP contribution in [0.15, 0.2) is 29.2 Å². The maximum Gasteiger partial charge on any atom is 0.246 e. The molecule has 9 heteroatoms. The summed E-state index contributed by atoms with van der Waals surface area (Å²) in [7, 11) is -3.65. The highest BCUT2D eigenvalue weighted by molar-refractivity contribution is 7.89. The fourth-order valence-electron chi connectivity index (χ4n) is 3.30. The van der Waals surface area contributed by atoms with Gasteiger partial charge < -0.3 is 0 Å². The molecule has 7 nitrogen and oxygen atoms in total. The number of nitriles is 1. The van der Waals surface area contributed by atoms with Crippen molar-refractivity contribution in [3.05, 3.63) is 47.0 Å². The first-order valence-corrected chi connectivity index (χ1v) is 9.70. The van der Waals surface area contributed by atoms with Gasteiger partial charge in [-0.25, -0.2) is 12.8 Å². The Labute approximate surface area is 152 Å². The monoisotopic (exact) mass is 377 g/mol. The van der Waals surface area contributed by atoms with Gasteiger partial charge in [-0.3, -0.25) is 10.00 Å². The molecular formula is C17H20FN5O2S. The average molecular weight is 377 g/mol. The summed E-state index contributed by atoms with van der Waals surface area (Å²) in [5, 5.41) is 16.2. The van der Waals surface area contributed by atoms with Crippen LogP contribution in [0.2, 0.25) is 0 Å². The van der Waals surface area contributed by atoms with E-state index in [0.717, 1.165) is 0 Å². The van der Waals surface area contributed by atoms with E-state index in [1.54, 1.807) is 36.9 Å². The second-order valence-corrected chi connectivity index (χ2v) is 8.13. The van der Waals surface area contributed by atoms with Crippen molar-refractivity contribution in [2.75, 3.05) is 26.2 Å². The highest BCUT2D eigenvalue weighted by Gasteiger charge is 2.34. The Bertz CT molecular complexity index is 923. The number of aromatic nitrogens is 2. The molecule has 2 aromatic rings. The van der Waals surface area contributed by atoms with Gasteiger partial charge >= 0.3 is 0 Å². The number of H-pyrrole nitrogens is 1. The third kappa shape index (κ3) is 3.23. The van der Waals surface area contributed by atoms with E-state index in [9.17, 15) is 18.1 Å². The van der Waals surface area contributed by atoms with E-state index >= 15 is 0 Å². The van der Waals surface area contributed by atoms with E-state index in [4.69, 9.17) is 0 Å². The topological polar surface area (TPSA) is 93.1 Å². The second kappa shape index (κ2) is 7.15. The van der Waals surface area contributed by atoms with E-state index in [1.165, 1.54) is 10.4 Å². The van der Waals surface area contributed by atoms with Crippen LogP contribution in [0, 0.1) is 31.0 Å². The third-order valence-corrected chi connectivity index (χ3v) is 6.78. The third-order valence-electron chi connectivity index (χ3n) is 4.62. The Balaban J connectivity index is 1.77. The lowest BCUT2D eigenvalue weighted by atomic mass is 10.1. The highest BCUT2D eigenvalue weighted by Crippen LogP contribution is 2.27. The van der Waals surface area contributed by atoms with Crippen LogP contribution in [0.5, 0.6) is 0 Å². The molecule has 2 heterocycles. The van der Waals surface area contributed by atoms with Crippen molar-refractivity contribution in [3.8, 4) is 6.07 Å². The van der Waals surface area contributed by atoms with Crippen LogP contribution in [0.4, 0.5) is 4.39 Å². The Hall–Kier alpha value is -2.28. The molecule has 0 amide bonds. The number of aromatic amines is 1. The molecular weight excluding hydrogens is 357 g/mol. The van der Waals surface area contributed by atoms with E-state index in [2.05, 4.69) is 16.3 Å². The first-order chi connectivity index (χ1) is 12.4. The van der Waals surface area contributed by atoms with Crippen LogP contribution in [-0.2, 0) is 10.0 Å². The zero-order chi connectivity index (χ0) is 18.9. The maximum absolute atomic E-state index is 14.0. The predicted octanol–water partition coefficient (Wildman–Crippen LogP) is 1.74. The summed E-state index contributed by atoms with van der Waals surface area (Å²) in [5.41, 5.74) is 1.25. The molecule has 1 unspecified atom stereocenters. The number of rotatable bonds is 4. The van der Waals surface area contributed by atoms with Gasteiger partial charge in [-0.2, -0.15) is 14.7 Å². The van der Waals surface area contributed by atoms with E-state index in [0.29, 0.717) is 30.0 Å². The van der Waals surface area contributed by atoms with Crippen molar-refractivity contribution in [1.29, 1.82) is 5.26 Å². The van der Waals surface area contributed by atoms with Gasteiger partial charge in [-0.05, 0) is 19.9 Å². The van der Waals surface area contributed by atoms with Gasteiger partial charge in [-0.15, -0.1) is 0 Å². The molecule has 3 rings (SSSR count). The van der Waals surface area contributed by atoms with Crippen LogP contribution in [-0.4, -0.2) is 54.0 Å². The molecule has 0 bridgehead atoms. The molecule has 26 heavy (non-hydrogen) atoms. The molecule has 1 aromatic carbocycles. The fourth-order valence-corrected chi connectivity index (χ4v) is 5.05. The molecule has 1 aromatic heterocycles. The van der Waals surface area contributed by atoms with Gasteiger partial charge in [0.2, 0.25) is 10.0 Å². The Kier molecular flexibility index (Phi) is 5.09. The number of hydrogen-bond donors (Lipinski definition) is 1. The molecule has 1 fully saturated rings. The SMILES string of the molecule is Cc1n[nH]c(C)c1S(=O)(=O)N1CCN(C(C#N)c2ccccc2F)CC1. The highest BCUT2D eigenvalue weighted by atomic mass is 32.2. The van der Waals surface area contributed by atoms with E-state index in [1.807, 2.05) is 0 Å². The number of piperazine rings is 1. The number of benzene rings is 1. The van der Waals surface area contributed by atoms with Gasteiger partial charge in [0.25, 0.3) is 0 Å². The number of sulfonamides is 1.